The molecule has 28 heavy (non-hydrogen) atoms. The van der Waals surface area contributed by atoms with E-state index in [1.54, 1.807) is 6.20 Å². The minimum atomic E-state index is -0.120. The van der Waals surface area contributed by atoms with E-state index < -0.39 is 0 Å². The van der Waals surface area contributed by atoms with Gasteiger partial charge in [-0.3, -0.25) is 14.7 Å². The maximum Gasteiger partial charge on any atom is 0.223 e. The molecule has 1 amide bonds. The van der Waals surface area contributed by atoms with Crippen LogP contribution in [0.2, 0.25) is 0 Å². The van der Waals surface area contributed by atoms with Crippen LogP contribution >= 0.6 is 11.3 Å². The normalized spacial score (nSPS) is 14.9. The lowest BCUT2D eigenvalue weighted by molar-refractivity contribution is -0.114. The number of fused-ring (bicyclic) bond motifs is 1. The van der Waals surface area contributed by atoms with Crippen molar-refractivity contribution in [1.82, 2.24) is 14.9 Å². The predicted molar refractivity (Wildman–Crippen MR) is 110 cm³/mol. The van der Waals surface area contributed by atoms with E-state index in [9.17, 15) is 4.79 Å². The van der Waals surface area contributed by atoms with E-state index in [2.05, 4.69) is 26.3 Å². The summed E-state index contributed by atoms with van der Waals surface area (Å²) in [4.78, 5) is 22.3. The van der Waals surface area contributed by atoms with Crippen LogP contribution in [-0.4, -0.2) is 60.2 Å². The number of carbonyl (C=O) groups excluding carboxylic acids is 1. The molecule has 1 aliphatic rings. The number of morpholine rings is 1. The molecule has 4 rings (SSSR count). The van der Waals surface area contributed by atoms with Crippen molar-refractivity contribution >= 4 is 32.6 Å². The Morgan fingerprint density at radius 2 is 2.11 bits per heavy atom. The standard InChI is InChI=1S/C20H22N4O3S/c1-14(25)22-20-23-18-3-2-15(11-19(18)28-20)16-10-17(13-21-12-16)27-9-6-24-4-7-26-8-5-24/h2-3,10-13H,4-9H2,1H3,(H,22,23,25). The van der Waals surface area contributed by atoms with Gasteiger partial charge in [0.25, 0.3) is 0 Å². The number of nitrogens with one attached hydrogen (secondary N) is 1. The summed E-state index contributed by atoms with van der Waals surface area (Å²) in [7, 11) is 0. The van der Waals surface area contributed by atoms with Crippen molar-refractivity contribution in [2.75, 3.05) is 44.8 Å². The highest BCUT2D eigenvalue weighted by atomic mass is 32.1. The Labute approximate surface area is 167 Å². The molecule has 2 aromatic heterocycles. The van der Waals surface area contributed by atoms with Crippen molar-refractivity contribution in [3.05, 3.63) is 36.7 Å². The predicted octanol–water partition coefficient (Wildman–Crippen LogP) is 3.03. The smallest absolute Gasteiger partial charge is 0.223 e. The second kappa shape index (κ2) is 8.64. The number of ether oxygens (including phenoxy) is 2. The monoisotopic (exact) mass is 398 g/mol. The lowest BCUT2D eigenvalue weighted by Crippen LogP contribution is -2.38. The number of thiazole rings is 1. The van der Waals surface area contributed by atoms with Gasteiger partial charge < -0.3 is 14.8 Å². The molecule has 3 heterocycles. The Kier molecular flexibility index (Phi) is 5.80. The Hall–Kier alpha value is -2.55. The number of hydrogen-bond acceptors (Lipinski definition) is 7. The molecule has 0 aliphatic carbocycles. The Balaban J connectivity index is 1.44. The average Bonchev–Trinajstić information content (AvgIpc) is 3.09. The van der Waals surface area contributed by atoms with Crippen molar-refractivity contribution in [3.8, 4) is 16.9 Å². The highest BCUT2D eigenvalue weighted by Gasteiger charge is 2.11. The number of benzene rings is 1. The van der Waals surface area contributed by atoms with Crippen LogP contribution in [-0.2, 0) is 9.53 Å². The van der Waals surface area contributed by atoms with Crippen LogP contribution in [0.15, 0.2) is 36.7 Å². The van der Waals surface area contributed by atoms with E-state index >= 15 is 0 Å². The maximum atomic E-state index is 11.2. The minimum Gasteiger partial charge on any atom is -0.491 e. The number of anilines is 1. The number of amides is 1. The van der Waals surface area contributed by atoms with Gasteiger partial charge in [-0.05, 0) is 23.8 Å². The average molecular weight is 398 g/mol. The molecule has 1 saturated heterocycles. The maximum absolute atomic E-state index is 11.2. The molecular formula is C20H22N4O3S. The second-order valence-electron chi connectivity index (χ2n) is 6.59. The van der Waals surface area contributed by atoms with Gasteiger partial charge in [0.15, 0.2) is 5.13 Å². The van der Waals surface area contributed by atoms with Gasteiger partial charge >= 0.3 is 0 Å². The van der Waals surface area contributed by atoms with Gasteiger partial charge in [0, 0.05) is 38.3 Å². The Morgan fingerprint density at radius 1 is 1.25 bits per heavy atom. The van der Waals surface area contributed by atoms with Crippen LogP contribution in [0.4, 0.5) is 5.13 Å². The quantitative estimate of drug-likeness (QED) is 0.688. The Morgan fingerprint density at radius 3 is 2.93 bits per heavy atom. The van der Waals surface area contributed by atoms with E-state index in [0.717, 1.165) is 59.9 Å². The molecule has 0 saturated carbocycles. The molecule has 0 spiro atoms. The first-order valence-electron chi connectivity index (χ1n) is 9.24. The zero-order valence-electron chi connectivity index (χ0n) is 15.7. The van der Waals surface area contributed by atoms with Crippen molar-refractivity contribution < 1.29 is 14.3 Å². The molecule has 0 atom stereocenters. The van der Waals surface area contributed by atoms with E-state index in [4.69, 9.17) is 9.47 Å². The van der Waals surface area contributed by atoms with E-state index in [-0.39, 0.29) is 5.91 Å². The first-order chi connectivity index (χ1) is 13.7. The first kappa shape index (κ1) is 18.8. The van der Waals surface area contributed by atoms with Gasteiger partial charge in [-0.1, -0.05) is 17.4 Å². The van der Waals surface area contributed by atoms with Gasteiger partial charge in [0.1, 0.15) is 12.4 Å². The fourth-order valence-corrected chi connectivity index (χ4v) is 4.03. The van der Waals surface area contributed by atoms with Crippen LogP contribution in [0.5, 0.6) is 5.75 Å². The van der Waals surface area contributed by atoms with Crippen LogP contribution in [0, 0.1) is 0 Å². The third kappa shape index (κ3) is 4.64. The molecular weight excluding hydrogens is 376 g/mol. The number of nitrogens with zero attached hydrogens (tertiary/aromatic N) is 3. The summed E-state index contributed by atoms with van der Waals surface area (Å²) < 4.78 is 12.3. The van der Waals surface area contributed by atoms with Crippen molar-refractivity contribution in [2.24, 2.45) is 0 Å². The third-order valence-corrected chi connectivity index (χ3v) is 5.43. The van der Waals surface area contributed by atoms with Crippen LogP contribution in [0.3, 0.4) is 0 Å². The van der Waals surface area contributed by atoms with Crippen molar-refractivity contribution in [1.29, 1.82) is 0 Å². The highest BCUT2D eigenvalue weighted by molar-refractivity contribution is 7.22. The molecule has 8 heteroatoms. The largest absolute Gasteiger partial charge is 0.491 e. The fraction of sp³-hybridized carbons (Fsp3) is 0.350. The summed E-state index contributed by atoms with van der Waals surface area (Å²) in [6.07, 6.45) is 3.56. The molecule has 3 aromatic rings. The number of carbonyl (C=O) groups is 1. The topological polar surface area (TPSA) is 76.6 Å². The molecule has 1 aliphatic heterocycles. The van der Waals surface area contributed by atoms with Gasteiger partial charge in [0.2, 0.25) is 5.91 Å². The molecule has 1 N–H and O–H groups in total. The summed E-state index contributed by atoms with van der Waals surface area (Å²) in [6, 6.07) is 8.03. The van der Waals surface area contributed by atoms with Crippen molar-refractivity contribution in [3.63, 3.8) is 0 Å². The second-order valence-corrected chi connectivity index (χ2v) is 7.63. The molecule has 1 fully saturated rings. The SMILES string of the molecule is CC(=O)Nc1nc2ccc(-c3cncc(OCCN4CCOCC4)c3)cc2s1. The van der Waals surface area contributed by atoms with Crippen LogP contribution in [0.25, 0.3) is 21.3 Å². The lowest BCUT2D eigenvalue weighted by Gasteiger charge is -2.26. The van der Waals surface area contributed by atoms with Crippen LogP contribution in [0.1, 0.15) is 6.92 Å². The summed E-state index contributed by atoms with van der Waals surface area (Å²) >= 11 is 1.46. The molecule has 7 nitrogen and oxygen atoms in total. The summed E-state index contributed by atoms with van der Waals surface area (Å²) in [5.74, 6) is 0.638. The fourth-order valence-electron chi connectivity index (χ4n) is 3.08. The number of hydrogen-bond donors (Lipinski definition) is 1. The minimum absolute atomic E-state index is 0.120. The van der Waals surface area contributed by atoms with E-state index in [0.29, 0.717) is 11.7 Å². The molecule has 1 aromatic carbocycles. The molecule has 0 unspecified atom stereocenters. The zero-order valence-corrected chi connectivity index (χ0v) is 16.5. The number of pyridine rings is 1. The summed E-state index contributed by atoms with van der Waals surface area (Å²) in [6.45, 7) is 6.48. The lowest BCUT2D eigenvalue weighted by atomic mass is 10.1. The number of aromatic nitrogens is 2. The Bertz CT molecular complexity index is 969. The van der Waals surface area contributed by atoms with Gasteiger partial charge in [-0.15, -0.1) is 0 Å². The molecule has 146 valence electrons. The zero-order chi connectivity index (χ0) is 19.3. The van der Waals surface area contributed by atoms with Gasteiger partial charge in [-0.2, -0.15) is 0 Å². The summed E-state index contributed by atoms with van der Waals surface area (Å²) in [5, 5.41) is 3.35. The van der Waals surface area contributed by atoms with Crippen molar-refractivity contribution in [2.45, 2.75) is 6.92 Å². The van der Waals surface area contributed by atoms with E-state index in [1.165, 1.54) is 18.3 Å². The van der Waals surface area contributed by atoms with Crippen LogP contribution < -0.4 is 10.1 Å². The number of rotatable bonds is 6. The van der Waals surface area contributed by atoms with Gasteiger partial charge in [-0.25, -0.2) is 4.98 Å². The van der Waals surface area contributed by atoms with E-state index in [1.807, 2.05) is 24.4 Å². The summed E-state index contributed by atoms with van der Waals surface area (Å²) in [5.41, 5.74) is 2.89. The van der Waals surface area contributed by atoms with Gasteiger partial charge in [0.05, 0.1) is 29.6 Å². The molecule has 0 radical (unpaired) electrons. The third-order valence-electron chi connectivity index (χ3n) is 4.50. The first-order valence-corrected chi connectivity index (χ1v) is 10.1. The highest BCUT2D eigenvalue weighted by Crippen LogP contribution is 2.31. The molecule has 0 bridgehead atoms.